The van der Waals surface area contributed by atoms with Crippen molar-refractivity contribution < 1.29 is 8.42 Å². The Labute approximate surface area is 144 Å². The average molecular weight is 360 g/mol. The molecule has 1 aromatic heterocycles. The first-order valence-corrected chi connectivity index (χ1v) is 10.6. The first-order chi connectivity index (χ1) is 10.8. The highest BCUT2D eigenvalue weighted by Gasteiger charge is 2.21. The number of hydrogen-bond acceptors (Lipinski definition) is 5. The van der Waals surface area contributed by atoms with E-state index in [-0.39, 0.29) is 0 Å². The summed E-state index contributed by atoms with van der Waals surface area (Å²) in [7, 11) is -3.39. The molecular formula is C16H29N3O2S2. The van der Waals surface area contributed by atoms with Gasteiger partial charge in [0.2, 0.25) is 10.0 Å². The molecule has 0 saturated carbocycles. The van der Waals surface area contributed by atoms with E-state index in [1.165, 1.54) is 11.3 Å². The molecule has 1 aliphatic heterocycles. The van der Waals surface area contributed by atoms with Gasteiger partial charge in [-0.2, -0.15) is 0 Å². The summed E-state index contributed by atoms with van der Waals surface area (Å²) in [4.78, 5) is 7.21. The molecule has 7 heteroatoms. The Bertz CT molecular complexity index is 605. The van der Waals surface area contributed by atoms with E-state index < -0.39 is 10.0 Å². The van der Waals surface area contributed by atoms with Crippen molar-refractivity contribution in [2.75, 3.05) is 45.8 Å². The number of piperazine rings is 1. The van der Waals surface area contributed by atoms with Crippen LogP contribution in [0.4, 0.5) is 0 Å². The molecule has 132 valence electrons. The summed E-state index contributed by atoms with van der Waals surface area (Å²) >= 11 is 1.53. The Morgan fingerprint density at radius 3 is 2.35 bits per heavy atom. The number of thiophene rings is 1. The van der Waals surface area contributed by atoms with Gasteiger partial charge in [0.05, 0.1) is 4.90 Å². The maximum Gasteiger partial charge on any atom is 0.241 e. The maximum absolute atomic E-state index is 12.4. The number of nitrogens with one attached hydrogen (secondary N) is 1. The predicted molar refractivity (Wildman–Crippen MR) is 96.7 cm³/mol. The monoisotopic (exact) mass is 359 g/mol. The van der Waals surface area contributed by atoms with E-state index in [4.69, 9.17) is 0 Å². The van der Waals surface area contributed by atoms with E-state index in [0.717, 1.165) is 49.0 Å². The summed E-state index contributed by atoms with van der Waals surface area (Å²) in [5, 5.41) is 0. The summed E-state index contributed by atoms with van der Waals surface area (Å²) in [5.41, 5.74) is 0. The number of hydrogen-bond donors (Lipinski definition) is 1. The number of rotatable bonds is 7. The second-order valence-corrected chi connectivity index (χ2v) is 9.67. The van der Waals surface area contributed by atoms with E-state index in [0.29, 0.717) is 17.4 Å². The standard InChI is InChI=1S/C16H29N3O2S2/c1-5-18-6-8-19(9-7-18)12-13(2)11-17-23(20,21)16-10-14(3)22-15(16)4/h10,13,17H,5-9,11-12H2,1-4H3. The van der Waals surface area contributed by atoms with Crippen molar-refractivity contribution in [1.82, 2.24) is 14.5 Å². The highest BCUT2D eigenvalue weighted by molar-refractivity contribution is 7.89. The van der Waals surface area contributed by atoms with Crippen molar-refractivity contribution in [3.05, 3.63) is 15.8 Å². The van der Waals surface area contributed by atoms with Gasteiger partial charge in [-0.05, 0) is 32.4 Å². The summed E-state index contributed by atoms with van der Waals surface area (Å²) < 4.78 is 27.6. The molecule has 0 amide bonds. The van der Waals surface area contributed by atoms with E-state index >= 15 is 0 Å². The van der Waals surface area contributed by atoms with Gasteiger partial charge < -0.3 is 9.80 Å². The molecule has 0 radical (unpaired) electrons. The van der Waals surface area contributed by atoms with Gasteiger partial charge >= 0.3 is 0 Å². The van der Waals surface area contributed by atoms with E-state index in [1.807, 2.05) is 13.8 Å². The van der Waals surface area contributed by atoms with Gasteiger partial charge in [0.1, 0.15) is 0 Å². The van der Waals surface area contributed by atoms with Crippen molar-refractivity contribution in [2.24, 2.45) is 5.92 Å². The minimum absolute atomic E-state index is 0.304. The molecule has 0 aromatic carbocycles. The van der Waals surface area contributed by atoms with E-state index in [2.05, 4.69) is 28.4 Å². The highest BCUT2D eigenvalue weighted by atomic mass is 32.2. The van der Waals surface area contributed by atoms with Crippen molar-refractivity contribution in [3.63, 3.8) is 0 Å². The molecule has 1 unspecified atom stereocenters. The van der Waals surface area contributed by atoms with Crippen molar-refractivity contribution in [2.45, 2.75) is 32.6 Å². The molecule has 23 heavy (non-hydrogen) atoms. The van der Waals surface area contributed by atoms with Gasteiger partial charge in [-0.25, -0.2) is 13.1 Å². The summed E-state index contributed by atoms with van der Waals surface area (Å²) in [6, 6.07) is 1.76. The third-order valence-electron chi connectivity index (χ3n) is 4.39. The minimum atomic E-state index is -3.39. The average Bonchev–Trinajstić information content (AvgIpc) is 2.86. The van der Waals surface area contributed by atoms with Crippen LogP contribution in [-0.4, -0.2) is 64.0 Å². The normalized spacial score (nSPS) is 19.1. The SMILES string of the molecule is CCN1CCN(CC(C)CNS(=O)(=O)c2cc(C)sc2C)CC1. The van der Waals surface area contributed by atoms with Crippen LogP contribution in [0.5, 0.6) is 0 Å². The second-order valence-electron chi connectivity index (χ2n) is 6.47. The fraction of sp³-hybridized carbons (Fsp3) is 0.750. The van der Waals surface area contributed by atoms with Gasteiger partial charge in [-0.3, -0.25) is 0 Å². The van der Waals surface area contributed by atoms with Crippen LogP contribution in [0, 0.1) is 19.8 Å². The summed E-state index contributed by atoms with van der Waals surface area (Å²) in [6.07, 6.45) is 0. The third kappa shape index (κ3) is 5.26. The molecule has 1 N–H and O–H groups in total. The largest absolute Gasteiger partial charge is 0.301 e. The minimum Gasteiger partial charge on any atom is -0.301 e. The quantitative estimate of drug-likeness (QED) is 0.808. The maximum atomic E-state index is 12.4. The van der Waals surface area contributed by atoms with Gasteiger partial charge in [0, 0.05) is 49.0 Å². The molecule has 1 aromatic rings. The Morgan fingerprint density at radius 1 is 1.22 bits per heavy atom. The van der Waals surface area contributed by atoms with Gasteiger partial charge in [0.15, 0.2) is 0 Å². The fourth-order valence-electron chi connectivity index (χ4n) is 3.00. The molecule has 5 nitrogen and oxygen atoms in total. The smallest absolute Gasteiger partial charge is 0.241 e. The first kappa shape index (κ1) is 18.9. The van der Waals surface area contributed by atoms with E-state index in [1.54, 1.807) is 6.07 Å². The van der Waals surface area contributed by atoms with Crippen LogP contribution in [0.1, 0.15) is 23.6 Å². The number of nitrogens with zero attached hydrogens (tertiary/aromatic N) is 2. The van der Waals surface area contributed by atoms with Gasteiger partial charge in [0.25, 0.3) is 0 Å². The highest BCUT2D eigenvalue weighted by Crippen LogP contribution is 2.24. The lowest BCUT2D eigenvalue weighted by Gasteiger charge is -2.35. The molecule has 1 fully saturated rings. The summed E-state index contributed by atoms with van der Waals surface area (Å²) in [5.74, 6) is 0.304. The lowest BCUT2D eigenvalue weighted by atomic mass is 10.1. The number of likely N-dealkylation sites (N-methyl/N-ethyl adjacent to an activating group) is 1. The number of sulfonamides is 1. The Hall–Kier alpha value is -0.470. The molecule has 1 saturated heterocycles. The molecular weight excluding hydrogens is 330 g/mol. The van der Waals surface area contributed by atoms with Crippen molar-refractivity contribution >= 4 is 21.4 Å². The molecule has 2 rings (SSSR count). The van der Waals surface area contributed by atoms with Gasteiger partial charge in [-0.15, -0.1) is 11.3 Å². The van der Waals surface area contributed by atoms with Gasteiger partial charge in [-0.1, -0.05) is 13.8 Å². The first-order valence-electron chi connectivity index (χ1n) is 8.33. The second kappa shape index (κ2) is 8.07. The van der Waals surface area contributed by atoms with Crippen molar-refractivity contribution in [3.8, 4) is 0 Å². The molecule has 0 spiro atoms. The lowest BCUT2D eigenvalue weighted by Crippen LogP contribution is -2.48. The zero-order chi connectivity index (χ0) is 17.0. The van der Waals surface area contributed by atoms with Crippen LogP contribution in [0.25, 0.3) is 0 Å². The molecule has 0 aliphatic carbocycles. The Balaban J connectivity index is 1.82. The van der Waals surface area contributed by atoms with Crippen LogP contribution >= 0.6 is 11.3 Å². The molecule has 1 atom stereocenters. The molecule has 0 bridgehead atoms. The van der Waals surface area contributed by atoms with Crippen LogP contribution in [0.3, 0.4) is 0 Å². The Morgan fingerprint density at radius 2 is 1.83 bits per heavy atom. The Kier molecular flexibility index (Phi) is 6.62. The number of aryl methyl sites for hydroxylation is 2. The molecule has 2 heterocycles. The predicted octanol–water partition coefficient (Wildman–Crippen LogP) is 1.92. The zero-order valence-corrected chi connectivity index (χ0v) is 16.3. The van der Waals surface area contributed by atoms with Crippen LogP contribution in [0.15, 0.2) is 11.0 Å². The zero-order valence-electron chi connectivity index (χ0n) is 14.6. The fourth-order valence-corrected chi connectivity index (χ4v) is 5.72. The summed E-state index contributed by atoms with van der Waals surface area (Å²) in [6.45, 7) is 15.0. The van der Waals surface area contributed by atoms with Crippen LogP contribution in [0.2, 0.25) is 0 Å². The topological polar surface area (TPSA) is 52.6 Å². The van der Waals surface area contributed by atoms with E-state index in [9.17, 15) is 8.42 Å². The lowest BCUT2D eigenvalue weighted by molar-refractivity contribution is 0.125. The van der Waals surface area contributed by atoms with Crippen molar-refractivity contribution in [1.29, 1.82) is 0 Å². The van der Waals surface area contributed by atoms with Crippen LogP contribution < -0.4 is 4.72 Å². The van der Waals surface area contributed by atoms with Crippen LogP contribution in [-0.2, 0) is 10.0 Å². The third-order valence-corrected chi connectivity index (χ3v) is 7.03. The molecule has 1 aliphatic rings.